The Hall–Kier alpha value is -1.14. The normalized spacial score (nSPS) is 18.3. The van der Waals surface area contributed by atoms with Crippen molar-refractivity contribution in [1.29, 1.82) is 0 Å². The van der Waals surface area contributed by atoms with E-state index in [9.17, 15) is 9.59 Å². The van der Waals surface area contributed by atoms with Gasteiger partial charge in [-0.1, -0.05) is 0 Å². The summed E-state index contributed by atoms with van der Waals surface area (Å²) in [5.74, 6) is -0.157. The zero-order valence-electron chi connectivity index (χ0n) is 12.1. The van der Waals surface area contributed by atoms with Crippen LogP contribution in [0, 0.1) is 0 Å². The van der Waals surface area contributed by atoms with Crippen molar-refractivity contribution in [3.05, 3.63) is 0 Å². The quantitative estimate of drug-likeness (QED) is 0.754. The van der Waals surface area contributed by atoms with Crippen molar-refractivity contribution in [3.63, 3.8) is 0 Å². The van der Waals surface area contributed by atoms with Gasteiger partial charge in [-0.15, -0.1) is 0 Å². The molecule has 0 unspecified atom stereocenters. The smallest absolute Gasteiger partial charge is 0.222 e. The molecule has 0 radical (unpaired) electrons. The zero-order chi connectivity index (χ0) is 14.6. The van der Waals surface area contributed by atoms with Crippen molar-refractivity contribution >= 4 is 11.8 Å². The van der Waals surface area contributed by atoms with Crippen LogP contribution in [0.4, 0.5) is 0 Å². The van der Waals surface area contributed by atoms with Gasteiger partial charge >= 0.3 is 0 Å². The number of hydrogen-bond donors (Lipinski definition) is 1. The molecule has 20 heavy (non-hydrogen) atoms. The van der Waals surface area contributed by atoms with Crippen LogP contribution in [0.5, 0.6) is 0 Å². The highest BCUT2D eigenvalue weighted by molar-refractivity contribution is 5.76. The van der Waals surface area contributed by atoms with Crippen LogP contribution in [-0.2, 0) is 19.1 Å². The van der Waals surface area contributed by atoms with Crippen LogP contribution >= 0.6 is 0 Å². The summed E-state index contributed by atoms with van der Waals surface area (Å²) in [5, 5.41) is 0. The predicted octanol–water partition coefficient (Wildman–Crippen LogP) is 0.688. The first-order valence-electron chi connectivity index (χ1n) is 7.41. The van der Waals surface area contributed by atoms with Gasteiger partial charge in [0, 0.05) is 39.1 Å². The third-order valence-electron chi connectivity index (χ3n) is 3.22. The van der Waals surface area contributed by atoms with Crippen molar-refractivity contribution in [2.75, 3.05) is 39.5 Å². The molecule has 2 N–H and O–H groups in total. The van der Waals surface area contributed by atoms with Gasteiger partial charge in [-0.2, -0.15) is 0 Å². The lowest BCUT2D eigenvalue weighted by Gasteiger charge is -2.22. The molecule has 0 aromatic rings. The minimum atomic E-state index is -0.304. The van der Waals surface area contributed by atoms with Crippen molar-refractivity contribution in [1.82, 2.24) is 4.90 Å². The maximum absolute atomic E-state index is 12.1. The fourth-order valence-electron chi connectivity index (χ4n) is 2.13. The number of carbonyl (C=O) groups excluding carboxylic acids is 2. The Kier molecular flexibility index (Phi) is 8.98. The number of nitrogens with zero attached hydrogens (tertiary/aromatic N) is 1. The second-order valence-corrected chi connectivity index (χ2v) is 4.99. The number of ether oxygens (including phenoxy) is 2. The average molecular weight is 286 g/mol. The molecule has 1 aliphatic rings. The van der Waals surface area contributed by atoms with Crippen LogP contribution in [-0.4, -0.2) is 56.2 Å². The van der Waals surface area contributed by atoms with Gasteiger partial charge in [0.25, 0.3) is 0 Å². The predicted molar refractivity (Wildman–Crippen MR) is 75.1 cm³/mol. The molecular formula is C14H26N2O4. The van der Waals surface area contributed by atoms with Gasteiger partial charge in [-0.3, -0.25) is 9.59 Å². The lowest BCUT2D eigenvalue weighted by atomic mass is 10.1. The van der Waals surface area contributed by atoms with E-state index in [4.69, 9.17) is 15.2 Å². The summed E-state index contributed by atoms with van der Waals surface area (Å²) < 4.78 is 10.8. The molecule has 116 valence electrons. The summed E-state index contributed by atoms with van der Waals surface area (Å²) in [7, 11) is 0. The summed E-state index contributed by atoms with van der Waals surface area (Å²) in [6.07, 6.45) is 3.94. The number of unbranched alkanes of at least 4 members (excludes halogenated alkanes) is 1. The van der Waals surface area contributed by atoms with E-state index in [1.807, 2.05) is 4.90 Å². The van der Waals surface area contributed by atoms with Crippen LogP contribution in [0.1, 0.15) is 38.5 Å². The minimum Gasteiger partial charge on any atom is -0.379 e. The number of primary amides is 1. The highest BCUT2D eigenvalue weighted by Crippen LogP contribution is 2.06. The van der Waals surface area contributed by atoms with E-state index >= 15 is 0 Å². The Balaban J connectivity index is 2.27. The highest BCUT2D eigenvalue weighted by Gasteiger charge is 2.13. The molecule has 0 atom stereocenters. The fraction of sp³-hybridized carbons (Fsp3) is 0.857. The summed E-state index contributed by atoms with van der Waals surface area (Å²) in [4.78, 5) is 24.6. The van der Waals surface area contributed by atoms with Gasteiger partial charge in [0.2, 0.25) is 11.8 Å². The van der Waals surface area contributed by atoms with Crippen LogP contribution in [0.2, 0.25) is 0 Å². The van der Waals surface area contributed by atoms with Crippen molar-refractivity contribution in [3.8, 4) is 0 Å². The lowest BCUT2D eigenvalue weighted by molar-refractivity contribution is -0.131. The maximum atomic E-state index is 12.1. The molecule has 1 aliphatic heterocycles. The molecule has 0 aromatic carbocycles. The van der Waals surface area contributed by atoms with Crippen LogP contribution in [0.3, 0.4) is 0 Å². The van der Waals surface area contributed by atoms with Gasteiger partial charge in [0.15, 0.2) is 0 Å². The fourth-order valence-corrected chi connectivity index (χ4v) is 2.13. The summed E-state index contributed by atoms with van der Waals surface area (Å²) in [5.41, 5.74) is 5.08. The number of carbonyl (C=O) groups is 2. The number of amides is 2. The Morgan fingerprint density at radius 3 is 2.00 bits per heavy atom. The van der Waals surface area contributed by atoms with Gasteiger partial charge < -0.3 is 20.1 Å². The Morgan fingerprint density at radius 2 is 1.45 bits per heavy atom. The van der Waals surface area contributed by atoms with Crippen LogP contribution in [0.15, 0.2) is 0 Å². The van der Waals surface area contributed by atoms with E-state index in [-0.39, 0.29) is 11.8 Å². The van der Waals surface area contributed by atoms with Crippen molar-refractivity contribution in [2.45, 2.75) is 38.5 Å². The molecule has 0 aliphatic carbocycles. The minimum absolute atomic E-state index is 0.147. The molecule has 0 spiro atoms. The van der Waals surface area contributed by atoms with Gasteiger partial charge in [0.05, 0.1) is 13.2 Å². The SMILES string of the molecule is NC(=O)CCCCC(=O)N1CCCOCCOCCC1. The largest absolute Gasteiger partial charge is 0.379 e. The first-order valence-corrected chi connectivity index (χ1v) is 7.41. The van der Waals surface area contributed by atoms with E-state index in [0.717, 1.165) is 25.9 Å². The van der Waals surface area contributed by atoms with E-state index in [1.54, 1.807) is 0 Å². The topological polar surface area (TPSA) is 81.9 Å². The Morgan fingerprint density at radius 1 is 0.900 bits per heavy atom. The van der Waals surface area contributed by atoms with Gasteiger partial charge in [-0.05, 0) is 25.7 Å². The monoisotopic (exact) mass is 286 g/mol. The molecule has 1 heterocycles. The van der Waals surface area contributed by atoms with Crippen LogP contribution in [0.25, 0.3) is 0 Å². The summed E-state index contributed by atoms with van der Waals surface area (Å²) in [6.45, 7) is 4.04. The molecule has 0 aromatic heterocycles. The first kappa shape index (κ1) is 16.9. The van der Waals surface area contributed by atoms with Gasteiger partial charge in [-0.25, -0.2) is 0 Å². The van der Waals surface area contributed by atoms with E-state index in [0.29, 0.717) is 52.1 Å². The molecule has 1 fully saturated rings. The van der Waals surface area contributed by atoms with E-state index in [2.05, 4.69) is 0 Å². The molecule has 6 nitrogen and oxygen atoms in total. The molecule has 1 saturated heterocycles. The summed E-state index contributed by atoms with van der Waals surface area (Å²) >= 11 is 0. The lowest BCUT2D eigenvalue weighted by Crippen LogP contribution is -2.33. The second kappa shape index (κ2) is 10.6. The highest BCUT2D eigenvalue weighted by atomic mass is 16.5. The first-order chi connectivity index (χ1) is 9.70. The number of nitrogens with two attached hydrogens (primary N) is 1. The number of rotatable bonds is 5. The average Bonchev–Trinajstić information content (AvgIpc) is 2.48. The maximum Gasteiger partial charge on any atom is 0.222 e. The molecule has 0 saturated carbocycles. The molecule has 0 bridgehead atoms. The van der Waals surface area contributed by atoms with E-state index in [1.165, 1.54) is 0 Å². The van der Waals surface area contributed by atoms with Gasteiger partial charge in [0.1, 0.15) is 0 Å². The molecule has 2 amide bonds. The summed E-state index contributed by atoms with van der Waals surface area (Å²) in [6, 6.07) is 0. The van der Waals surface area contributed by atoms with Crippen LogP contribution < -0.4 is 5.73 Å². The van der Waals surface area contributed by atoms with Crippen molar-refractivity contribution < 1.29 is 19.1 Å². The second-order valence-electron chi connectivity index (χ2n) is 4.99. The third kappa shape index (κ3) is 8.12. The molecule has 1 rings (SSSR count). The molecular weight excluding hydrogens is 260 g/mol. The third-order valence-corrected chi connectivity index (χ3v) is 3.22. The zero-order valence-corrected chi connectivity index (χ0v) is 12.1. The standard InChI is InChI=1S/C14H26N2O4/c15-13(17)5-1-2-6-14(18)16-7-3-9-19-11-12-20-10-4-8-16/h1-12H2,(H2,15,17). The van der Waals surface area contributed by atoms with Crippen molar-refractivity contribution in [2.24, 2.45) is 5.73 Å². The Labute approximate surface area is 120 Å². The molecule has 6 heteroatoms. The van der Waals surface area contributed by atoms with E-state index < -0.39 is 0 Å². The number of hydrogen-bond acceptors (Lipinski definition) is 4. The Bertz CT molecular complexity index is 285.